The van der Waals surface area contributed by atoms with Crippen LogP contribution in [0.25, 0.3) is 0 Å². The molecule has 0 saturated carbocycles. The molecule has 0 spiro atoms. The predicted octanol–water partition coefficient (Wildman–Crippen LogP) is 4.93. The standard InChI is InChI=1S/C22H19ClF3N3O3/c1-11(13-5-8-15(22(31)32)16(24)10-13)27-21(30)18-17(28-29(2)19(18)20(25)26)9-12-3-6-14(23)7-4-12/h3-8,10-11,20H,9H2,1-2H3,(H,27,30)(H,31,32). The van der Waals surface area contributed by atoms with Crippen LogP contribution < -0.4 is 5.32 Å². The van der Waals surface area contributed by atoms with E-state index in [1.54, 1.807) is 24.3 Å². The van der Waals surface area contributed by atoms with Crippen LogP contribution in [0, 0.1) is 5.82 Å². The van der Waals surface area contributed by atoms with Crippen LogP contribution >= 0.6 is 11.6 Å². The largest absolute Gasteiger partial charge is 0.478 e. The molecule has 6 nitrogen and oxygen atoms in total. The number of halogens is 4. The van der Waals surface area contributed by atoms with E-state index in [0.717, 1.165) is 22.4 Å². The number of benzene rings is 2. The number of carboxylic acid groups (broad SMARTS) is 1. The molecule has 3 rings (SSSR count). The molecule has 1 aromatic heterocycles. The van der Waals surface area contributed by atoms with Crippen LogP contribution in [0.1, 0.15) is 62.6 Å². The topological polar surface area (TPSA) is 84.2 Å². The maximum absolute atomic E-state index is 14.0. The highest BCUT2D eigenvalue weighted by atomic mass is 35.5. The summed E-state index contributed by atoms with van der Waals surface area (Å²) in [5, 5.41) is 16.1. The number of aromatic nitrogens is 2. The van der Waals surface area contributed by atoms with Gasteiger partial charge in [-0.05, 0) is 42.3 Å². The van der Waals surface area contributed by atoms with Crippen molar-refractivity contribution in [2.75, 3.05) is 0 Å². The zero-order valence-corrected chi connectivity index (χ0v) is 17.8. The normalized spacial score (nSPS) is 12.1. The van der Waals surface area contributed by atoms with E-state index >= 15 is 0 Å². The van der Waals surface area contributed by atoms with Crippen LogP contribution in [-0.4, -0.2) is 26.8 Å². The molecule has 0 saturated heterocycles. The average molecular weight is 466 g/mol. The van der Waals surface area contributed by atoms with Gasteiger partial charge in [-0.3, -0.25) is 9.48 Å². The summed E-state index contributed by atoms with van der Waals surface area (Å²) >= 11 is 5.88. The molecule has 0 fully saturated rings. The Kier molecular flexibility index (Phi) is 6.88. The van der Waals surface area contributed by atoms with Crippen LogP contribution in [-0.2, 0) is 13.5 Å². The SMILES string of the molecule is CC(NC(=O)c1c(Cc2ccc(Cl)cc2)nn(C)c1C(F)F)c1ccc(C(=O)O)c(F)c1. The Labute approximate surface area is 186 Å². The van der Waals surface area contributed by atoms with Crippen LogP contribution in [0.4, 0.5) is 13.2 Å². The molecule has 0 radical (unpaired) electrons. The second-order valence-electron chi connectivity index (χ2n) is 7.17. The molecule has 0 aliphatic heterocycles. The molecule has 10 heteroatoms. The quantitative estimate of drug-likeness (QED) is 0.518. The second-order valence-corrected chi connectivity index (χ2v) is 7.61. The average Bonchev–Trinajstić information content (AvgIpc) is 3.05. The summed E-state index contributed by atoms with van der Waals surface area (Å²) in [5.74, 6) is -3.18. The van der Waals surface area contributed by atoms with Crippen molar-refractivity contribution < 1.29 is 27.9 Å². The fourth-order valence-corrected chi connectivity index (χ4v) is 3.46. The van der Waals surface area contributed by atoms with Crippen LogP contribution in [0.15, 0.2) is 42.5 Å². The van der Waals surface area contributed by atoms with Crippen molar-refractivity contribution in [1.29, 1.82) is 0 Å². The van der Waals surface area contributed by atoms with Crippen molar-refractivity contribution in [3.63, 3.8) is 0 Å². The molecule has 0 aliphatic rings. The Morgan fingerprint density at radius 1 is 1.19 bits per heavy atom. The van der Waals surface area contributed by atoms with E-state index in [-0.39, 0.29) is 23.2 Å². The highest BCUT2D eigenvalue weighted by Crippen LogP contribution is 2.28. The molecule has 2 aromatic carbocycles. The lowest BCUT2D eigenvalue weighted by Crippen LogP contribution is -2.28. The maximum atomic E-state index is 14.0. The van der Waals surface area contributed by atoms with E-state index < -0.39 is 41.4 Å². The van der Waals surface area contributed by atoms with E-state index in [4.69, 9.17) is 16.7 Å². The van der Waals surface area contributed by atoms with Gasteiger partial charge in [-0.1, -0.05) is 29.8 Å². The first-order valence-corrected chi connectivity index (χ1v) is 9.88. The smallest absolute Gasteiger partial charge is 0.338 e. The van der Waals surface area contributed by atoms with E-state index in [1.165, 1.54) is 20.0 Å². The zero-order valence-electron chi connectivity index (χ0n) is 17.1. The lowest BCUT2D eigenvalue weighted by Gasteiger charge is -2.16. The van der Waals surface area contributed by atoms with Gasteiger partial charge >= 0.3 is 5.97 Å². The van der Waals surface area contributed by atoms with E-state index in [1.807, 2.05) is 0 Å². The summed E-state index contributed by atoms with van der Waals surface area (Å²) in [5.41, 5.74) is -0.144. The first-order valence-electron chi connectivity index (χ1n) is 9.50. The number of aryl methyl sites for hydroxylation is 1. The summed E-state index contributed by atoms with van der Waals surface area (Å²) in [4.78, 5) is 24.0. The van der Waals surface area contributed by atoms with E-state index in [0.29, 0.717) is 5.02 Å². The number of hydrogen-bond acceptors (Lipinski definition) is 3. The molecule has 168 valence electrons. The molecular formula is C22H19ClF3N3O3. The minimum atomic E-state index is -2.95. The van der Waals surface area contributed by atoms with Gasteiger partial charge in [0, 0.05) is 18.5 Å². The molecule has 0 aliphatic carbocycles. The number of aromatic carboxylic acids is 1. The van der Waals surface area contributed by atoms with Crippen molar-refractivity contribution in [3.05, 3.63) is 86.9 Å². The Balaban J connectivity index is 1.91. The summed E-state index contributed by atoms with van der Waals surface area (Å²) in [6.45, 7) is 1.53. The van der Waals surface area contributed by atoms with Crippen molar-refractivity contribution in [2.45, 2.75) is 25.8 Å². The van der Waals surface area contributed by atoms with Gasteiger partial charge in [0.1, 0.15) is 11.5 Å². The van der Waals surface area contributed by atoms with Gasteiger partial charge in [0.05, 0.1) is 22.9 Å². The Bertz CT molecular complexity index is 1160. The van der Waals surface area contributed by atoms with Gasteiger partial charge in [0.15, 0.2) is 0 Å². The van der Waals surface area contributed by atoms with Crippen molar-refractivity contribution in [2.24, 2.45) is 7.05 Å². The van der Waals surface area contributed by atoms with Crippen LogP contribution in [0.2, 0.25) is 5.02 Å². The summed E-state index contributed by atoms with van der Waals surface area (Å²) in [6.07, 6.45) is -2.83. The zero-order chi connectivity index (χ0) is 23.6. The molecule has 1 unspecified atom stereocenters. The lowest BCUT2D eigenvalue weighted by atomic mass is 10.0. The van der Waals surface area contributed by atoms with Gasteiger partial charge in [-0.2, -0.15) is 5.10 Å². The summed E-state index contributed by atoms with van der Waals surface area (Å²) in [7, 11) is 1.33. The molecule has 1 amide bonds. The third kappa shape index (κ3) is 4.94. The summed E-state index contributed by atoms with van der Waals surface area (Å²) < 4.78 is 42.4. The number of nitrogens with one attached hydrogen (secondary N) is 1. The minimum absolute atomic E-state index is 0.122. The van der Waals surface area contributed by atoms with Crippen LogP contribution in [0.3, 0.4) is 0 Å². The second kappa shape index (κ2) is 9.44. The fourth-order valence-electron chi connectivity index (χ4n) is 3.34. The molecule has 1 atom stereocenters. The molecule has 0 bridgehead atoms. The Morgan fingerprint density at radius 3 is 2.41 bits per heavy atom. The number of rotatable bonds is 7. The Hall–Kier alpha value is -3.33. The highest BCUT2D eigenvalue weighted by Gasteiger charge is 2.29. The first kappa shape index (κ1) is 23.3. The van der Waals surface area contributed by atoms with Crippen molar-refractivity contribution >= 4 is 23.5 Å². The van der Waals surface area contributed by atoms with E-state index in [2.05, 4.69) is 10.4 Å². The molecule has 2 N–H and O–H groups in total. The third-order valence-electron chi connectivity index (χ3n) is 4.95. The van der Waals surface area contributed by atoms with Crippen molar-refractivity contribution in [3.8, 4) is 0 Å². The number of carbonyl (C=O) groups is 2. The number of nitrogens with zero attached hydrogens (tertiary/aromatic N) is 2. The number of hydrogen-bond donors (Lipinski definition) is 2. The number of carboxylic acids is 1. The highest BCUT2D eigenvalue weighted by molar-refractivity contribution is 6.30. The predicted molar refractivity (Wildman–Crippen MR) is 112 cm³/mol. The van der Waals surface area contributed by atoms with Gasteiger partial charge in [-0.25, -0.2) is 18.0 Å². The molecule has 3 aromatic rings. The van der Waals surface area contributed by atoms with Gasteiger partial charge in [0.2, 0.25) is 0 Å². The molecular weight excluding hydrogens is 447 g/mol. The summed E-state index contributed by atoms with van der Waals surface area (Å²) in [6, 6.07) is 9.33. The van der Waals surface area contributed by atoms with Crippen molar-refractivity contribution in [1.82, 2.24) is 15.1 Å². The van der Waals surface area contributed by atoms with Gasteiger partial charge in [0.25, 0.3) is 12.3 Å². The van der Waals surface area contributed by atoms with E-state index in [9.17, 15) is 22.8 Å². The Morgan fingerprint density at radius 2 is 1.84 bits per heavy atom. The maximum Gasteiger partial charge on any atom is 0.338 e. The molecule has 32 heavy (non-hydrogen) atoms. The number of amides is 1. The van der Waals surface area contributed by atoms with Gasteiger partial charge in [-0.15, -0.1) is 0 Å². The number of carbonyl (C=O) groups excluding carboxylic acids is 1. The first-order chi connectivity index (χ1) is 15.1. The minimum Gasteiger partial charge on any atom is -0.478 e. The third-order valence-corrected chi connectivity index (χ3v) is 5.21. The van der Waals surface area contributed by atoms with Crippen LogP contribution in [0.5, 0.6) is 0 Å². The lowest BCUT2D eigenvalue weighted by molar-refractivity contribution is 0.0691. The van der Waals surface area contributed by atoms with Gasteiger partial charge < -0.3 is 10.4 Å². The molecule has 1 heterocycles. The number of alkyl halides is 2. The monoisotopic (exact) mass is 465 g/mol. The fraction of sp³-hybridized carbons (Fsp3) is 0.227.